The van der Waals surface area contributed by atoms with Gasteiger partial charge in [0.25, 0.3) is 0 Å². The number of para-hydroxylation sites is 5. The van der Waals surface area contributed by atoms with Gasteiger partial charge in [-0.25, -0.2) is 0 Å². The first-order valence-corrected chi connectivity index (χ1v) is 29.3. The van der Waals surface area contributed by atoms with Gasteiger partial charge in [-0.2, -0.15) is 10.5 Å². The summed E-state index contributed by atoms with van der Waals surface area (Å²) in [5.74, 6) is 0. The molecule has 0 saturated heterocycles. The number of furan rings is 1. The van der Waals surface area contributed by atoms with Crippen LogP contribution in [0.2, 0.25) is 0 Å². The van der Waals surface area contributed by atoms with Crippen LogP contribution < -0.4 is 0 Å². The normalized spacial score (nSPS) is 11.9. The molecule has 0 spiro atoms. The van der Waals surface area contributed by atoms with Crippen molar-refractivity contribution in [2.75, 3.05) is 0 Å². The second-order valence-electron chi connectivity index (χ2n) is 22.5. The highest BCUT2D eigenvalue weighted by Gasteiger charge is 2.35. The van der Waals surface area contributed by atoms with Gasteiger partial charge < -0.3 is 22.7 Å². The van der Waals surface area contributed by atoms with Crippen LogP contribution in [0.3, 0.4) is 0 Å². The van der Waals surface area contributed by atoms with E-state index in [0.29, 0.717) is 17.1 Å². The van der Waals surface area contributed by atoms with Crippen molar-refractivity contribution in [3.05, 3.63) is 290 Å². The standard InChI is InChI=1S/C80H46N6O/c81-47-64-65(48-82)77(86-69-34-18-13-30-60(69)75-73(86)43-39-59-58-29-14-19-35-74(58)87-80(59)75)79(85-68-33-17-12-28-57(68)63-46-54(38-42-72(63)85)51-24-8-3-9-25-51)78(84-67-32-16-11-27-56(67)62-45-53(37-41-71(62)84)50-22-6-2-7-23-50)76(64)83-66-31-15-10-26-55(66)61-44-52(36-40-70(61)83)49-20-4-1-5-21-49/h1-46H. The van der Waals surface area contributed by atoms with Crippen molar-refractivity contribution in [1.29, 1.82) is 10.5 Å². The van der Waals surface area contributed by atoms with Gasteiger partial charge in [0.1, 0.15) is 23.3 Å². The second kappa shape index (κ2) is 18.7. The molecule has 13 aromatic carbocycles. The van der Waals surface area contributed by atoms with Gasteiger partial charge in [0.05, 0.1) is 83.4 Å². The Bertz CT molecular complexity index is 6020. The summed E-state index contributed by atoms with van der Waals surface area (Å²) < 4.78 is 16.2. The third-order valence-corrected chi connectivity index (χ3v) is 18.0. The summed E-state index contributed by atoms with van der Waals surface area (Å²) in [6.45, 7) is 0. The minimum atomic E-state index is 0.226. The van der Waals surface area contributed by atoms with Gasteiger partial charge in [0.15, 0.2) is 0 Å². The molecule has 0 aliphatic heterocycles. The van der Waals surface area contributed by atoms with Crippen LogP contribution in [0.25, 0.3) is 165 Å². The van der Waals surface area contributed by atoms with Crippen LogP contribution in [0.15, 0.2) is 283 Å². The molecule has 0 fully saturated rings. The topological polar surface area (TPSA) is 80.4 Å². The van der Waals surface area contributed by atoms with E-state index in [0.717, 1.165) is 148 Å². The van der Waals surface area contributed by atoms with Crippen LogP contribution in [-0.4, -0.2) is 18.3 Å². The van der Waals surface area contributed by atoms with E-state index in [1.165, 1.54) is 0 Å². The van der Waals surface area contributed by atoms with E-state index in [2.05, 4.69) is 285 Å². The van der Waals surface area contributed by atoms with E-state index < -0.39 is 0 Å². The molecule has 0 saturated carbocycles. The van der Waals surface area contributed by atoms with Gasteiger partial charge in [-0.15, -0.1) is 0 Å². The molecule has 5 aromatic heterocycles. The first kappa shape index (κ1) is 48.4. The third-order valence-electron chi connectivity index (χ3n) is 18.0. The first-order chi connectivity index (χ1) is 43.1. The van der Waals surface area contributed by atoms with Crippen LogP contribution in [0.5, 0.6) is 0 Å². The average Bonchev–Trinajstić information content (AvgIpc) is 1.62. The molecule has 18 aromatic rings. The molecule has 0 aliphatic carbocycles. The highest BCUT2D eigenvalue weighted by molar-refractivity contribution is 6.25. The Labute approximate surface area is 498 Å². The van der Waals surface area contributed by atoms with Gasteiger partial charge in [0.2, 0.25) is 0 Å². The number of hydrogen-bond acceptors (Lipinski definition) is 3. The van der Waals surface area contributed by atoms with Crippen LogP contribution in [0.4, 0.5) is 0 Å². The molecule has 0 aliphatic rings. The Morgan fingerprint density at radius 1 is 0.241 bits per heavy atom. The summed E-state index contributed by atoms with van der Waals surface area (Å²) in [5, 5.41) is 35.3. The van der Waals surface area contributed by atoms with E-state index in [4.69, 9.17) is 4.42 Å². The predicted octanol–water partition coefficient (Wildman–Crippen LogP) is 20.7. The monoisotopic (exact) mass is 1110 g/mol. The van der Waals surface area contributed by atoms with Crippen molar-refractivity contribution < 1.29 is 4.42 Å². The maximum Gasteiger partial charge on any atom is 0.145 e. The summed E-state index contributed by atoms with van der Waals surface area (Å²) in [4.78, 5) is 0. The fourth-order valence-corrected chi connectivity index (χ4v) is 14.3. The third kappa shape index (κ3) is 6.91. The van der Waals surface area contributed by atoms with Crippen molar-refractivity contribution in [3.8, 4) is 68.3 Å². The number of benzene rings is 13. The molecule has 18 rings (SSSR count). The van der Waals surface area contributed by atoms with E-state index >= 15 is 0 Å². The van der Waals surface area contributed by atoms with E-state index in [1.54, 1.807) is 0 Å². The molecule has 7 heteroatoms. The Balaban J connectivity index is 1.11. The summed E-state index contributed by atoms with van der Waals surface area (Å²) in [6, 6.07) is 104. The molecular weight excluding hydrogens is 1060 g/mol. The number of rotatable bonds is 7. The van der Waals surface area contributed by atoms with Crippen molar-refractivity contribution >= 4 is 109 Å². The summed E-state index contributed by atoms with van der Waals surface area (Å²) in [7, 11) is 0. The zero-order chi connectivity index (χ0) is 57.4. The van der Waals surface area contributed by atoms with Gasteiger partial charge in [-0.1, -0.05) is 200 Å². The average molecular weight is 1110 g/mol. The number of fused-ring (bicyclic) bond motifs is 16. The number of nitriles is 2. The van der Waals surface area contributed by atoms with E-state index in [-0.39, 0.29) is 11.1 Å². The lowest BCUT2D eigenvalue weighted by atomic mass is 9.98. The van der Waals surface area contributed by atoms with Crippen LogP contribution in [0, 0.1) is 22.7 Å². The van der Waals surface area contributed by atoms with Crippen molar-refractivity contribution in [2.45, 2.75) is 0 Å². The maximum absolute atomic E-state index is 12.6. The van der Waals surface area contributed by atoms with Gasteiger partial charge in [-0.05, 0) is 112 Å². The van der Waals surface area contributed by atoms with Crippen LogP contribution in [-0.2, 0) is 0 Å². The Morgan fingerprint density at radius 3 is 0.989 bits per heavy atom. The van der Waals surface area contributed by atoms with Crippen molar-refractivity contribution in [3.63, 3.8) is 0 Å². The second-order valence-corrected chi connectivity index (χ2v) is 22.5. The van der Waals surface area contributed by atoms with Crippen LogP contribution in [0.1, 0.15) is 11.1 Å². The minimum absolute atomic E-state index is 0.226. The van der Waals surface area contributed by atoms with E-state index in [9.17, 15) is 10.5 Å². The van der Waals surface area contributed by atoms with Crippen LogP contribution >= 0.6 is 0 Å². The quantitative estimate of drug-likeness (QED) is 0.159. The molecule has 7 nitrogen and oxygen atoms in total. The molecule has 0 atom stereocenters. The summed E-state index contributed by atoms with van der Waals surface area (Å²) in [5.41, 5.74) is 18.3. The van der Waals surface area contributed by atoms with Gasteiger partial charge in [0, 0.05) is 48.5 Å². The lowest BCUT2D eigenvalue weighted by molar-refractivity contribution is 0.673. The minimum Gasteiger partial charge on any atom is -0.455 e. The van der Waals surface area contributed by atoms with Gasteiger partial charge >= 0.3 is 0 Å². The zero-order valence-corrected chi connectivity index (χ0v) is 46.6. The first-order valence-electron chi connectivity index (χ1n) is 29.3. The van der Waals surface area contributed by atoms with Crippen molar-refractivity contribution in [1.82, 2.24) is 18.3 Å². The SMILES string of the molecule is N#Cc1c(C#N)c(-n2c3ccccc3c3c4oc5ccccc5c4ccc32)c(-n2c3ccccc3c3cc(-c4ccccc4)ccc32)c(-n2c3ccccc3c3cc(-c4ccccc4)ccc32)c1-n1c2ccccc2c2cc(-c3ccccc3)ccc21. The highest BCUT2D eigenvalue weighted by atomic mass is 16.3. The Morgan fingerprint density at radius 2 is 0.563 bits per heavy atom. The lowest BCUT2D eigenvalue weighted by Crippen LogP contribution is -2.17. The fraction of sp³-hybridized carbons (Fsp3) is 0. The molecule has 0 N–H and O–H groups in total. The molecular formula is C80H46N6O. The molecule has 87 heavy (non-hydrogen) atoms. The zero-order valence-electron chi connectivity index (χ0n) is 46.6. The highest BCUT2D eigenvalue weighted by Crippen LogP contribution is 2.51. The molecule has 0 radical (unpaired) electrons. The Kier molecular flexibility index (Phi) is 10.4. The molecule has 0 bridgehead atoms. The fourth-order valence-electron chi connectivity index (χ4n) is 14.3. The largest absolute Gasteiger partial charge is 0.455 e. The van der Waals surface area contributed by atoms with E-state index in [1.807, 2.05) is 24.3 Å². The van der Waals surface area contributed by atoms with Crippen molar-refractivity contribution in [2.24, 2.45) is 0 Å². The molecule has 0 unspecified atom stereocenters. The summed E-state index contributed by atoms with van der Waals surface area (Å²) in [6.07, 6.45) is 0. The number of nitrogens with zero attached hydrogens (tertiary/aromatic N) is 6. The Hall–Kier alpha value is -12.2. The molecule has 5 heterocycles. The lowest BCUT2D eigenvalue weighted by Gasteiger charge is -2.27. The van der Waals surface area contributed by atoms with Gasteiger partial charge in [-0.3, -0.25) is 0 Å². The molecule has 0 amide bonds. The molecule has 402 valence electrons. The number of hydrogen-bond donors (Lipinski definition) is 0. The smallest absolute Gasteiger partial charge is 0.145 e. The predicted molar refractivity (Wildman–Crippen MR) is 357 cm³/mol. The summed E-state index contributed by atoms with van der Waals surface area (Å²) >= 11 is 0. The number of aromatic nitrogens is 4. The maximum atomic E-state index is 12.6.